The second-order valence-electron chi connectivity index (χ2n) is 9.24. The summed E-state index contributed by atoms with van der Waals surface area (Å²) >= 11 is 0. The third kappa shape index (κ3) is 4.82. The molecule has 0 radical (unpaired) electrons. The Morgan fingerprint density at radius 2 is 1.80 bits per heavy atom. The van der Waals surface area contributed by atoms with Gasteiger partial charge in [0.25, 0.3) is 0 Å². The van der Waals surface area contributed by atoms with Crippen molar-refractivity contribution in [3.05, 3.63) is 83.1 Å². The average molecular weight is 486 g/mol. The van der Waals surface area contributed by atoms with Gasteiger partial charge in [-0.3, -0.25) is 4.90 Å². The second kappa shape index (κ2) is 9.45. The molecule has 184 valence electrons. The molecule has 5 rings (SSSR count). The van der Waals surface area contributed by atoms with E-state index in [9.17, 15) is 17.6 Å². The van der Waals surface area contributed by atoms with Gasteiger partial charge in [0.05, 0.1) is 17.9 Å². The first-order valence-electron chi connectivity index (χ1n) is 11.7. The minimum atomic E-state index is -4.42. The van der Waals surface area contributed by atoms with E-state index >= 15 is 0 Å². The van der Waals surface area contributed by atoms with Gasteiger partial charge in [-0.15, -0.1) is 0 Å². The van der Waals surface area contributed by atoms with E-state index < -0.39 is 11.7 Å². The highest BCUT2D eigenvalue weighted by atomic mass is 19.4. The Balaban J connectivity index is 1.35. The second-order valence-corrected chi connectivity index (χ2v) is 9.24. The van der Waals surface area contributed by atoms with E-state index in [-0.39, 0.29) is 24.0 Å². The summed E-state index contributed by atoms with van der Waals surface area (Å²) in [5, 5.41) is 0. The Labute approximate surface area is 202 Å². The largest absolute Gasteiger partial charge is 0.416 e. The Hall–Kier alpha value is -3.20. The Kier molecular flexibility index (Phi) is 6.35. The van der Waals surface area contributed by atoms with Gasteiger partial charge in [-0.05, 0) is 43.0 Å². The quantitative estimate of drug-likeness (QED) is 0.463. The molecule has 9 heteroatoms. The first kappa shape index (κ1) is 23.5. The highest BCUT2D eigenvalue weighted by Crippen LogP contribution is 2.35. The molecule has 0 aliphatic carbocycles. The van der Waals surface area contributed by atoms with Crippen LogP contribution in [0.15, 0.2) is 55.0 Å². The topological polar surface area (TPSA) is 35.5 Å². The first-order valence-corrected chi connectivity index (χ1v) is 11.7. The zero-order valence-corrected chi connectivity index (χ0v) is 19.5. The molecule has 0 N–H and O–H groups in total. The number of fused-ring (bicyclic) bond motifs is 1. The summed E-state index contributed by atoms with van der Waals surface area (Å²) < 4.78 is 55.3. The third-order valence-corrected chi connectivity index (χ3v) is 6.96. The standard InChI is InChI=1S/C26H27F4N5/c1-18-5-4-8-23(27)24(18)33-11-9-21(10-12-33)34-15-20-13-31-16-32-25(20)35(17-34)14-19-6-2-3-7-22(19)26(28,29)30/h2-8,13,16,21H,9-12,14-15,17H2,1H3. The van der Waals surface area contributed by atoms with Crippen LogP contribution in [0.25, 0.3) is 0 Å². The molecule has 3 heterocycles. The molecule has 2 aliphatic heterocycles. The molecular weight excluding hydrogens is 458 g/mol. The Morgan fingerprint density at radius 3 is 2.54 bits per heavy atom. The number of anilines is 2. The van der Waals surface area contributed by atoms with E-state index in [1.54, 1.807) is 18.3 Å². The number of aromatic nitrogens is 2. The maximum Gasteiger partial charge on any atom is 0.416 e. The fourth-order valence-electron chi connectivity index (χ4n) is 5.29. The summed E-state index contributed by atoms with van der Waals surface area (Å²) in [6.07, 6.45) is 0.438. The van der Waals surface area contributed by atoms with Crippen LogP contribution in [0.2, 0.25) is 0 Å². The van der Waals surface area contributed by atoms with Crippen LogP contribution in [0.1, 0.15) is 35.1 Å². The van der Waals surface area contributed by atoms with Gasteiger partial charge in [-0.25, -0.2) is 14.4 Å². The lowest BCUT2D eigenvalue weighted by molar-refractivity contribution is -0.138. The lowest BCUT2D eigenvalue weighted by Gasteiger charge is -2.44. The number of para-hydroxylation sites is 1. The fraction of sp³-hybridized carbons (Fsp3) is 0.385. The van der Waals surface area contributed by atoms with Gasteiger partial charge in [0.2, 0.25) is 0 Å². The number of aryl methyl sites for hydroxylation is 1. The molecule has 0 saturated carbocycles. The first-order chi connectivity index (χ1) is 16.8. The summed E-state index contributed by atoms with van der Waals surface area (Å²) in [4.78, 5) is 14.8. The highest BCUT2D eigenvalue weighted by Gasteiger charge is 2.35. The van der Waals surface area contributed by atoms with Crippen LogP contribution in [-0.4, -0.2) is 40.7 Å². The predicted octanol–water partition coefficient (Wildman–Crippen LogP) is 5.39. The summed E-state index contributed by atoms with van der Waals surface area (Å²) in [7, 11) is 0. The van der Waals surface area contributed by atoms with Crippen LogP contribution in [0.5, 0.6) is 0 Å². The minimum Gasteiger partial charge on any atom is -0.369 e. The minimum absolute atomic E-state index is 0.101. The number of halogens is 4. The SMILES string of the molecule is Cc1cccc(F)c1N1CCC(N2Cc3cncnc3N(Cc3ccccc3C(F)(F)F)C2)CC1. The molecular formula is C26H27F4N5. The van der Waals surface area contributed by atoms with Crippen LogP contribution in [0, 0.1) is 12.7 Å². The molecule has 3 aromatic rings. The van der Waals surface area contributed by atoms with E-state index in [4.69, 9.17) is 0 Å². The van der Waals surface area contributed by atoms with Gasteiger partial charge in [-0.1, -0.05) is 30.3 Å². The van der Waals surface area contributed by atoms with E-state index in [0.29, 0.717) is 24.7 Å². The van der Waals surface area contributed by atoms with Gasteiger partial charge in [0, 0.05) is 44.0 Å². The molecule has 0 unspecified atom stereocenters. The maximum absolute atomic E-state index is 14.5. The van der Waals surface area contributed by atoms with E-state index in [2.05, 4.69) is 19.8 Å². The number of piperidine rings is 1. The van der Waals surface area contributed by atoms with Crippen molar-refractivity contribution in [2.45, 2.75) is 45.1 Å². The highest BCUT2D eigenvalue weighted by molar-refractivity contribution is 5.54. The van der Waals surface area contributed by atoms with Crippen molar-refractivity contribution in [2.75, 3.05) is 29.6 Å². The molecule has 1 fully saturated rings. The van der Waals surface area contributed by atoms with Gasteiger partial charge in [0.15, 0.2) is 0 Å². The van der Waals surface area contributed by atoms with Gasteiger partial charge >= 0.3 is 6.18 Å². The van der Waals surface area contributed by atoms with E-state index in [0.717, 1.165) is 43.1 Å². The molecule has 0 bridgehead atoms. The lowest BCUT2D eigenvalue weighted by Crippen LogP contribution is -2.51. The number of alkyl halides is 3. The van der Waals surface area contributed by atoms with Gasteiger partial charge in [0.1, 0.15) is 18.0 Å². The summed E-state index contributed by atoms with van der Waals surface area (Å²) in [6, 6.07) is 11.1. The number of nitrogens with zero attached hydrogens (tertiary/aromatic N) is 5. The van der Waals surface area contributed by atoms with Crippen molar-refractivity contribution < 1.29 is 17.6 Å². The van der Waals surface area contributed by atoms with Crippen molar-refractivity contribution >= 4 is 11.5 Å². The molecule has 0 spiro atoms. The fourth-order valence-corrected chi connectivity index (χ4v) is 5.29. The van der Waals surface area contributed by atoms with Crippen LogP contribution < -0.4 is 9.80 Å². The number of hydrogen-bond acceptors (Lipinski definition) is 5. The van der Waals surface area contributed by atoms with Crippen LogP contribution >= 0.6 is 0 Å². The maximum atomic E-state index is 14.5. The molecule has 5 nitrogen and oxygen atoms in total. The zero-order chi connectivity index (χ0) is 24.6. The summed E-state index contributed by atoms with van der Waals surface area (Å²) in [5.41, 5.74) is 2.07. The normalized spacial score (nSPS) is 17.5. The number of benzene rings is 2. The van der Waals surface area contributed by atoms with Crippen molar-refractivity contribution in [1.29, 1.82) is 0 Å². The predicted molar refractivity (Wildman–Crippen MR) is 126 cm³/mol. The van der Waals surface area contributed by atoms with Gasteiger partial charge < -0.3 is 9.80 Å². The monoisotopic (exact) mass is 485 g/mol. The summed E-state index contributed by atoms with van der Waals surface area (Å²) in [6.45, 7) is 4.57. The van der Waals surface area contributed by atoms with Crippen molar-refractivity contribution in [2.24, 2.45) is 0 Å². The molecule has 1 saturated heterocycles. The van der Waals surface area contributed by atoms with Crippen molar-refractivity contribution in [3.8, 4) is 0 Å². The summed E-state index contributed by atoms with van der Waals surface area (Å²) in [5.74, 6) is 0.467. The van der Waals surface area contributed by atoms with Crippen LogP contribution in [-0.2, 0) is 19.3 Å². The van der Waals surface area contributed by atoms with E-state index in [1.165, 1.54) is 24.5 Å². The zero-order valence-electron chi connectivity index (χ0n) is 19.5. The smallest absolute Gasteiger partial charge is 0.369 e. The van der Waals surface area contributed by atoms with Crippen LogP contribution in [0.3, 0.4) is 0 Å². The van der Waals surface area contributed by atoms with Crippen molar-refractivity contribution in [1.82, 2.24) is 14.9 Å². The van der Waals surface area contributed by atoms with Gasteiger partial charge in [-0.2, -0.15) is 13.2 Å². The molecule has 35 heavy (non-hydrogen) atoms. The molecule has 0 amide bonds. The van der Waals surface area contributed by atoms with E-state index in [1.807, 2.05) is 17.9 Å². The number of hydrogen-bond donors (Lipinski definition) is 0. The Bertz CT molecular complexity index is 1170. The molecule has 1 aromatic heterocycles. The molecule has 0 atom stereocenters. The number of rotatable bonds is 4. The Morgan fingerprint density at radius 1 is 1.03 bits per heavy atom. The van der Waals surface area contributed by atoms with Crippen LogP contribution in [0.4, 0.5) is 29.1 Å². The average Bonchev–Trinajstić information content (AvgIpc) is 2.84. The molecule has 2 aromatic carbocycles. The van der Waals surface area contributed by atoms with Crippen molar-refractivity contribution in [3.63, 3.8) is 0 Å². The molecule has 2 aliphatic rings. The third-order valence-electron chi connectivity index (χ3n) is 6.96. The lowest BCUT2D eigenvalue weighted by atomic mass is 10.00.